The molecule has 0 aliphatic rings. The summed E-state index contributed by atoms with van der Waals surface area (Å²) in [6.07, 6.45) is 0.971. The minimum absolute atomic E-state index is 0.0403. The van der Waals surface area contributed by atoms with E-state index in [1.54, 1.807) is 0 Å². The van der Waals surface area contributed by atoms with Crippen molar-refractivity contribution in [2.24, 2.45) is 0 Å². The molecule has 0 aromatic heterocycles. The fourth-order valence-electron chi connectivity index (χ4n) is 0.999. The molecule has 0 saturated heterocycles. The third-order valence-corrected chi connectivity index (χ3v) is 4.80. The van der Waals surface area contributed by atoms with Crippen LogP contribution in [-0.4, -0.2) is 22.9 Å². The molecule has 0 radical (unpaired) electrons. The van der Waals surface area contributed by atoms with Crippen LogP contribution in [0.15, 0.2) is 0 Å². The maximum atomic E-state index is 11.9. The monoisotopic (exact) mass is 190 g/mol. The molecule has 0 aromatic rings. The summed E-state index contributed by atoms with van der Waals surface area (Å²) >= 11 is 0. The molecule has 0 saturated carbocycles. The predicted molar refractivity (Wildman–Crippen MR) is 54.9 cm³/mol. The molecular formula is C9H21NOP+. The van der Waals surface area contributed by atoms with Crippen molar-refractivity contribution < 1.29 is 4.57 Å². The van der Waals surface area contributed by atoms with Gasteiger partial charge in [0.2, 0.25) is 0 Å². The van der Waals surface area contributed by atoms with Gasteiger partial charge < -0.3 is 0 Å². The summed E-state index contributed by atoms with van der Waals surface area (Å²) in [5, 5.41) is -0.0403. The zero-order valence-electron chi connectivity index (χ0n) is 8.92. The maximum Gasteiger partial charge on any atom is 0.440 e. The zero-order chi connectivity index (χ0) is 9.78. The first kappa shape index (κ1) is 12.1. The van der Waals surface area contributed by atoms with Crippen LogP contribution in [0.25, 0.3) is 0 Å². The predicted octanol–water partition coefficient (Wildman–Crippen LogP) is 3.26. The van der Waals surface area contributed by atoms with E-state index in [-0.39, 0.29) is 5.16 Å². The Labute approximate surface area is 77.2 Å². The molecule has 0 aliphatic carbocycles. The van der Waals surface area contributed by atoms with E-state index in [0.717, 1.165) is 19.5 Å². The molecule has 0 amide bonds. The van der Waals surface area contributed by atoms with Gasteiger partial charge in [0.1, 0.15) is 0 Å². The SMILES string of the molecule is CCN(CC)[P+](=O)C(C)(C)CC. The highest BCUT2D eigenvalue weighted by Crippen LogP contribution is 2.43. The highest BCUT2D eigenvalue weighted by Gasteiger charge is 2.42. The van der Waals surface area contributed by atoms with Crippen LogP contribution in [-0.2, 0) is 4.57 Å². The molecule has 1 atom stereocenters. The van der Waals surface area contributed by atoms with E-state index in [0.29, 0.717) is 0 Å². The lowest BCUT2D eigenvalue weighted by molar-refractivity contribution is 0.432. The summed E-state index contributed by atoms with van der Waals surface area (Å²) in [5.41, 5.74) is 0. The largest absolute Gasteiger partial charge is 0.440 e. The summed E-state index contributed by atoms with van der Waals surface area (Å²) in [5.74, 6) is 0. The van der Waals surface area contributed by atoms with Crippen LogP contribution in [0.4, 0.5) is 0 Å². The first-order valence-corrected chi connectivity index (χ1v) is 5.93. The number of hydrogen-bond acceptors (Lipinski definition) is 1. The molecule has 0 bridgehead atoms. The Morgan fingerprint density at radius 1 is 1.17 bits per heavy atom. The van der Waals surface area contributed by atoms with Crippen molar-refractivity contribution in [2.45, 2.75) is 46.2 Å². The minimum atomic E-state index is -1.20. The lowest BCUT2D eigenvalue weighted by atomic mass is 10.1. The van der Waals surface area contributed by atoms with E-state index in [9.17, 15) is 4.57 Å². The Morgan fingerprint density at radius 2 is 1.58 bits per heavy atom. The van der Waals surface area contributed by atoms with Gasteiger partial charge in [0.15, 0.2) is 5.16 Å². The Bertz CT molecular complexity index is 153. The van der Waals surface area contributed by atoms with Crippen molar-refractivity contribution >= 4 is 7.95 Å². The second kappa shape index (κ2) is 4.94. The van der Waals surface area contributed by atoms with Crippen molar-refractivity contribution in [2.75, 3.05) is 13.1 Å². The summed E-state index contributed by atoms with van der Waals surface area (Å²) in [7, 11) is -1.20. The highest BCUT2D eigenvalue weighted by atomic mass is 31.1. The molecular weight excluding hydrogens is 169 g/mol. The molecule has 0 aromatic carbocycles. The molecule has 2 nitrogen and oxygen atoms in total. The Morgan fingerprint density at radius 3 is 1.83 bits per heavy atom. The summed E-state index contributed by atoms with van der Waals surface area (Å²) in [4.78, 5) is 0. The normalized spacial score (nSPS) is 13.7. The zero-order valence-corrected chi connectivity index (χ0v) is 9.82. The van der Waals surface area contributed by atoms with Crippen LogP contribution in [0, 0.1) is 0 Å². The summed E-state index contributed by atoms with van der Waals surface area (Å²) in [6, 6.07) is 0. The molecule has 0 spiro atoms. The van der Waals surface area contributed by atoms with Crippen LogP contribution in [0.1, 0.15) is 41.0 Å². The van der Waals surface area contributed by atoms with E-state index in [1.165, 1.54) is 0 Å². The van der Waals surface area contributed by atoms with Crippen LogP contribution in [0.2, 0.25) is 0 Å². The van der Waals surface area contributed by atoms with Crippen molar-refractivity contribution in [1.82, 2.24) is 4.67 Å². The Balaban J connectivity index is 4.35. The van der Waals surface area contributed by atoms with Crippen LogP contribution < -0.4 is 0 Å². The summed E-state index contributed by atoms with van der Waals surface area (Å²) in [6.45, 7) is 12.1. The van der Waals surface area contributed by atoms with Crippen molar-refractivity contribution in [3.8, 4) is 0 Å². The molecule has 72 valence electrons. The second-order valence-electron chi connectivity index (χ2n) is 3.58. The van der Waals surface area contributed by atoms with Gasteiger partial charge in [-0.1, -0.05) is 11.6 Å². The minimum Gasteiger partial charge on any atom is -0.0969 e. The van der Waals surface area contributed by atoms with Gasteiger partial charge in [-0.3, -0.25) is 0 Å². The van der Waals surface area contributed by atoms with Gasteiger partial charge in [0, 0.05) is 13.1 Å². The van der Waals surface area contributed by atoms with Gasteiger partial charge >= 0.3 is 7.95 Å². The highest BCUT2D eigenvalue weighted by molar-refractivity contribution is 7.43. The average Bonchev–Trinajstić information content (AvgIpc) is 2.06. The fraction of sp³-hybridized carbons (Fsp3) is 1.00. The molecule has 12 heavy (non-hydrogen) atoms. The van der Waals surface area contributed by atoms with E-state index < -0.39 is 7.95 Å². The number of hydrogen-bond donors (Lipinski definition) is 0. The smallest absolute Gasteiger partial charge is 0.0969 e. The molecule has 0 aliphatic heterocycles. The Kier molecular flexibility index (Phi) is 4.96. The van der Waals surface area contributed by atoms with Gasteiger partial charge in [-0.05, 0) is 38.7 Å². The van der Waals surface area contributed by atoms with Crippen molar-refractivity contribution in [1.29, 1.82) is 0 Å². The van der Waals surface area contributed by atoms with Gasteiger partial charge in [0.05, 0.1) is 0 Å². The average molecular weight is 190 g/mol. The Hall–Kier alpha value is 0.0600. The summed E-state index contributed by atoms with van der Waals surface area (Å²) < 4.78 is 14.0. The van der Waals surface area contributed by atoms with Crippen molar-refractivity contribution in [3.05, 3.63) is 0 Å². The number of rotatable bonds is 5. The van der Waals surface area contributed by atoms with Crippen LogP contribution in [0.5, 0.6) is 0 Å². The number of nitrogens with zero attached hydrogens (tertiary/aromatic N) is 1. The van der Waals surface area contributed by atoms with E-state index in [4.69, 9.17) is 0 Å². The molecule has 0 heterocycles. The van der Waals surface area contributed by atoms with E-state index in [1.807, 2.05) is 4.67 Å². The lowest BCUT2D eigenvalue weighted by Gasteiger charge is -2.15. The standard InChI is InChI=1S/C9H21NOP/c1-6-9(4,5)12(11)10(7-2)8-3/h6-8H2,1-5H3/q+1. The third kappa shape index (κ3) is 2.84. The van der Waals surface area contributed by atoms with Gasteiger partial charge in [-0.25, -0.2) is 0 Å². The molecule has 0 fully saturated rings. The fourth-order valence-corrected chi connectivity index (χ4v) is 2.55. The first-order chi connectivity index (χ1) is 5.49. The van der Waals surface area contributed by atoms with E-state index in [2.05, 4.69) is 34.6 Å². The van der Waals surface area contributed by atoms with Crippen molar-refractivity contribution in [3.63, 3.8) is 0 Å². The second-order valence-corrected chi connectivity index (χ2v) is 5.90. The maximum absolute atomic E-state index is 11.9. The van der Waals surface area contributed by atoms with Gasteiger partial charge in [-0.15, -0.1) is 0 Å². The molecule has 0 N–H and O–H groups in total. The molecule has 0 rings (SSSR count). The lowest BCUT2D eigenvalue weighted by Crippen LogP contribution is -2.24. The molecule has 1 unspecified atom stereocenters. The topological polar surface area (TPSA) is 20.3 Å². The van der Waals surface area contributed by atoms with E-state index >= 15 is 0 Å². The van der Waals surface area contributed by atoms with Gasteiger partial charge in [0.25, 0.3) is 0 Å². The third-order valence-electron chi connectivity index (χ3n) is 2.37. The van der Waals surface area contributed by atoms with Crippen LogP contribution >= 0.6 is 7.95 Å². The van der Waals surface area contributed by atoms with Crippen LogP contribution in [0.3, 0.4) is 0 Å². The molecule has 3 heteroatoms. The van der Waals surface area contributed by atoms with Gasteiger partial charge in [-0.2, -0.15) is 0 Å². The first-order valence-electron chi connectivity index (χ1n) is 4.71. The quantitative estimate of drug-likeness (QED) is 0.620.